The van der Waals surface area contributed by atoms with Gasteiger partial charge in [0.25, 0.3) is 0 Å². The third-order valence-electron chi connectivity index (χ3n) is 0.927. The highest BCUT2D eigenvalue weighted by molar-refractivity contribution is 5.87. The molecule has 0 atom stereocenters. The van der Waals surface area contributed by atoms with Crippen LogP contribution in [-0.2, 0) is 0 Å². The molecule has 0 radical (unpaired) electrons. The molecule has 10 heavy (non-hydrogen) atoms. The highest BCUT2D eigenvalue weighted by atomic mass is 35.5. The van der Waals surface area contributed by atoms with Crippen LogP contribution in [0.1, 0.15) is 10.4 Å². The molecule has 1 N–H and O–H groups in total. The van der Waals surface area contributed by atoms with Crippen LogP contribution in [-0.4, -0.2) is 16.1 Å². The van der Waals surface area contributed by atoms with E-state index in [0.717, 1.165) is 0 Å². The van der Waals surface area contributed by atoms with Crippen molar-refractivity contribution in [2.75, 3.05) is 0 Å². The van der Waals surface area contributed by atoms with Crippen LogP contribution in [0.25, 0.3) is 0 Å². The first-order valence-electron chi connectivity index (χ1n) is 2.44. The fraction of sp³-hybridized carbons (Fsp3) is 0. The summed E-state index contributed by atoms with van der Waals surface area (Å²) in [5, 5.41) is 8.36. The van der Waals surface area contributed by atoms with Gasteiger partial charge in [-0.3, -0.25) is 4.98 Å². The Morgan fingerprint density at radius 2 is 1.90 bits per heavy atom. The Kier molecular flexibility index (Phi) is 3.43. The molecule has 0 aliphatic heterocycles. The lowest BCUT2D eigenvalue weighted by atomic mass is 10.3. The van der Waals surface area contributed by atoms with Crippen LogP contribution in [0.5, 0.6) is 0 Å². The summed E-state index contributed by atoms with van der Waals surface area (Å²) in [6.45, 7) is 0. The molecule has 1 aromatic rings. The number of rotatable bonds is 1. The molecule has 54 valence electrons. The summed E-state index contributed by atoms with van der Waals surface area (Å²) in [4.78, 5) is 13.8. The van der Waals surface area contributed by atoms with Crippen molar-refractivity contribution in [1.29, 1.82) is 0 Å². The molecule has 1 rings (SSSR count). The van der Waals surface area contributed by atoms with Gasteiger partial charge >= 0.3 is 5.97 Å². The van der Waals surface area contributed by atoms with E-state index in [-0.39, 0.29) is 18.0 Å². The van der Waals surface area contributed by atoms with E-state index in [1.807, 2.05) is 0 Å². The summed E-state index contributed by atoms with van der Waals surface area (Å²) in [5.74, 6) is -0.919. The van der Waals surface area contributed by atoms with Gasteiger partial charge in [0.1, 0.15) is 0 Å². The summed E-state index contributed by atoms with van der Waals surface area (Å²) < 4.78 is 0. The minimum absolute atomic E-state index is 0. The number of carboxylic acids is 1. The lowest BCUT2D eigenvalue weighted by Gasteiger charge is -1.87. The van der Waals surface area contributed by atoms with Gasteiger partial charge in [0.05, 0.1) is 5.56 Å². The van der Waals surface area contributed by atoms with Gasteiger partial charge < -0.3 is 17.5 Å². The molecule has 0 spiro atoms. The van der Waals surface area contributed by atoms with Crippen molar-refractivity contribution in [1.82, 2.24) is 4.98 Å². The maximum atomic E-state index is 10.2. The summed E-state index contributed by atoms with van der Waals surface area (Å²) in [6, 6.07) is 2.89. The van der Waals surface area contributed by atoms with Crippen LogP contribution < -0.4 is 12.4 Å². The number of aromatic nitrogens is 1. The molecular formula is C6H5ClNO2-. The summed E-state index contributed by atoms with van der Waals surface area (Å²) in [5.41, 5.74) is 0.269. The quantitative estimate of drug-likeness (QED) is 0.504. The smallest absolute Gasteiger partial charge is 0.335 e. The van der Waals surface area contributed by atoms with Gasteiger partial charge in [0, 0.05) is 12.4 Å². The van der Waals surface area contributed by atoms with E-state index >= 15 is 0 Å². The zero-order valence-corrected chi connectivity index (χ0v) is 5.75. The molecule has 0 fully saturated rings. The second-order valence-electron chi connectivity index (χ2n) is 1.54. The Morgan fingerprint density at radius 3 is 2.20 bits per heavy atom. The Labute approximate surface area is 64.1 Å². The molecular weight excluding hydrogens is 154 g/mol. The van der Waals surface area contributed by atoms with E-state index in [0.29, 0.717) is 0 Å². The molecule has 0 aliphatic carbocycles. The van der Waals surface area contributed by atoms with E-state index in [9.17, 15) is 4.79 Å². The van der Waals surface area contributed by atoms with Gasteiger partial charge in [-0.05, 0) is 12.1 Å². The largest absolute Gasteiger partial charge is 1.00 e. The first-order valence-corrected chi connectivity index (χ1v) is 2.44. The van der Waals surface area contributed by atoms with Crippen molar-refractivity contribution < 1.29 is 22.3 Å². The van der Waals surface area contributed by atoms with Crippen molar-refractivity contribution in [2.24, 2.45) is 0 Å². The third kappa shape index (κ3) is 2.03. The zero-order chi connectivity index (χ0) is 6.69. The maximum Gasteiger partial charge on any atom is 0.335 e. The average Bonchev–Trinajstić information content (AvgIpc) is 1.90. The lowest BCUT2D eigenvalue weighted by Crippen LogP contribution is -3.00. The van der Waals surface area contributed by atoms with E-state index < -0.39 is 5.97 Å². The number of hydrogen-bond donors (Lipinski definition) is 1. The normalized spacial score (nSPS) is 8.00. The molecule has 0 saturated heterocycles. The lowest BCUT2D eigenvalue weighted by molar-refractivity contribution is -0.0000175. The van der Waals surface area contributed by atoms with Gasteiger partial charge in [-0.1, -0.05) is 0 Å². The van der Waals surface area contributed by atoms with Crippen LogP contribution >= 0.6 is 0 Å². The van der Waals surface area contributed by atoms with Crippen molar-refractivity contribution >= 4 is 5.97 Å². The number of hydrogen-bond acceptors (Lipinski definition) is 2. The van der Waals surface area contributed by atoms with Crippen LogP contribution in [0.2, 0.25) is 0 Å². The highest BCUT2D eigenvalue weighted by Gasteiger charge is 1.97. The number of halogens is 1. The predicted octanol–water partition coefficient (Wildman–Crippen LogP) is -2.22. The van der Waals surface area contributed by atoms with Crippen LogP contribution in [0.4, 0.5) is 0 Å². The van der Waals surface area contributed by atoms with E-state index in [1.165, 1.54) is 24.5 Å². The fourth-order valence-corrected chi connectivity index (χ4v) is 0.494. The molecule has 1 heterocycles. The molecule has 0 bridgehead atoms. The van der Waals surface area contributed by atoms with Gasteiger partial charge in [-0.25, -0.2) is 4.79 Å². The Hall–Kier alpha value is -1.09. The maximum absolute atomic E-state index is 10.2. The molecule has 0 aliphatic rings. The topological polar surface area (TPSA) is 50.2 Å². The van der Waals surface area contributed by atoms with E-state index in [4.69, 9.17) is 5.11 Å². The van der Waals surface area contributed by atoms with E-state index in [2.05, 4.69) is 4.98 Å². The van der Waals surface area contributed by atoms with Crippen LogP contribution in [0.3, 0.4) is 0 Å². The highest BCUT2D eigenvalue weighted by Crippen LogP contribution is 1.93. The van der Waals surface area contributed by atoms with Gasteiger partial charge in [-0.15, -0.1) is 0 Å². The summed E-state index contributed by atoms with van der Waals surface area (Å²) in [6.07, 6.45) is 2.90. The van der Waals surface area contributed by atoms with Crippen molar-refractivity contribution in [3.05, 3.63) is 30.1 Å². The number of nitrogens with zero attached hydrogens (tertiary/aromatic N) is 1. The third-order valence-corrected chi connectivity index (χ3v) is 0.927. The zero-order valence-electron chi connectivity index (χ0n) is 4.99. The second kappa shape index (κ2) is 3.85. The first kappa shape index (κ1) is 8.91. The minimum Gasteiger partial charge on any atom is -1.00 e. The SMILES string of the molecule is O=C(O)c1ccncc1.[Cl-]. The number of aromatic carboxylic acids is 1. The van der Waals surface area contributed by atoms with Crippen LogP contribution in [0, 0.1) is 0 Å². The van der Waals surface area contributed by atoms with Gasteiger partial charge in [0.2, 0.25) is 0 Å². The number of carbonyl (C=O) groups is 1. The Balaban J connectivity index is 0.000000810. The molecule has 0 aromatic carbocycles. The molecule has 0 saturated carbocycles. The minimum atomic E-state index is -0.919. The second-order valence-corrected chi connectivity index (χ2v) is 1.54. The van der Waals surface area contributed by atoms with Crippen molar-refractivity contribution in [2.45, 2.75) is 0 Å². The number of carboxylic acid groups (broad SMARTS) is 1. The first-order chi connectivity index (χ1) is 4.30. The summed E-state index contributed by atoms with van der Waals surface area (Å²) >= 11 is 0. The van der Waals surface area contributed by atoms with E-state index in [1.54, 1.807) is 0 Å². The fourth-order valence-electron chi connectivity index (χ4n) is 0.494. The van der Waals surface area contributed by atoms with Gasteiger partial charge in [-0.2, -0.15) is 0 Å². The summed E-state index contributed by atoms with van der Waals surface area (Å²) in [7, 11) is 0. The monoisotopic (exact) mass is 158 g/mol. The standard InChI is InChI=1S/C6H5NO2.ClH/c8-6(9)5-1-3-7-4-2-5;/h1-4H,(H,8,9);1H/p-1. The average molecular weight is 159 g/mol. The Bertz CT molecular complexity index is 212. The molecule has 3 nitrogen and oxygen atoms in total. The van der Waals surface area contributed by atoms with Crippen molar-refractivity contribution in [3.63, 3.8) is 0 Å². The molecule has 4 heteroatoms. The van der Waals surface area contributed by atoms with Crippen molar-refractivity contribution in [3.8, 4) is 0 Å². The number of pyridine rings is 1. The predicted molar refractivity (Wildman–Crippen MR) is 31.2 cm³/mol. The van der Waals surface area contributed by atoms with Crippen LogP contribution in [0.15, 0.2) is 24.5 Å². The molecule has 1 aromatic heterocycles. The van der Waals surface area contributed by atoms with Gasteiger partial charge in [0.15, 0.2) is 0 Å². The Morgan fingerprint density at radius 1 is 1.40 bits per heavy atom. The molecule has 0 amide bonds. The molecule has 0 unspecified atom stereocenters.